The fourth-order valence-electron chi connectivity index (χ4n) is 3.17. The van der Waals surface area contributed by atoms with Gasteiger partial charge in [-0.1, -0.05) is 12.8 Å². The van der Waals surface area contributed by atoms with E-state index in [4.69, 9.17) is 0 Å². The Hall–Kier alpha value is -0.0400. The smallest absolute Gasteiger partial charge is 0.0101 e. The lowest BCUT2D eigenvalue weighted by molar-refractivity contribution is 0.150. The molecule has 12 heavy (non-hydrogen) atoms. The van der Waals surface area contributed by atoms with E-state index < -0.39 is 0 Å². The molecule has 2 heterocycles. The number of nitrogens with zero attached hydrogens (tertiary/aromatic N) is 1. The molecule has 0 aromatic carbocycles. The molecule has 0 radical (unpaired) electrons. The maximum Gasteiger partial charge on any atom is 0.0101 e. The molecule has 2 fully saturated rings. The molecule has 0 aromatic rings. The number of fused-ring (bicyclic) bond motifs is 2. The van der Waals surface area contributed by atoms with Gasteiger partial charge in [0.25, 0.3) is 0 Å². The maximum atomic E-state index is 2.78. The number of rotatable bonds is 1. The standard InChI is InChI=1S/C11H21N/c1-9(2)12-10-5-3-4-6-11(12)8-7-10/h9-11H,3-8H2,1-2H3. The van der Waals surface area contributed by atoms with Crippen molar-refractivity contribution >= 4 is 0 Å². The van der Waals surface area contributed by atoms with E-state index in [-0.39, 0.29) is 0 Å². The van der Waals surface area contributed by atoms with Crippen molar-refractivity contribution in [3.05, 3.63) is 0 Å². The van der Waals surface area contributed by atoms with E-state index in [9.17, 15) is 0 Å². The Kier molecular flexibility index (Phi) is 2.40. The van der Waals surface area contributed by atoms with Crippen LogP contribution in [0.3, 0.4) is 0 Å². The van der Waals surface area contributed by atoms with Gasteiger partial charge in [-0.25, -0.2) is 0 Å². The normalized spacial score (nSPS) is 37.2. The molecule has 0 aliphatic carbocycles. The van der Waals surface area contributed by atoms with Crippen LogP contribution in [0, 0.1) is 0 Å². The average molecular weight is 167 g/mol. The van der Waals surface area contributed by atoms with Gasteiger partial charge in [0, 0.05) is 18.1 Å². The molecular formula is C11H21N. The molecular weight excluding hydrogens is 146 g/mol. The van der Waals surface area contributed by atoms with Crippen LogP contribution in [0.15, 0.2) is 0 Å². The zero-order valence-corrected chi connectivity index (χ0v) is 8.42. The fraction of sp³-hybridized carbons (Fsp3) is 1.00. The molecule has 2 unspecified atom stereocenters. The summed E-state index contributed by atoms with van der Waals surface area (Å²) < 4.78 is 0. The molecule has 0 spiro atoms. The summed E-state index contributed by atoms with van der Waals surface area (Å²) in [6, 6.07) is 2.66. The molecule has 2 aliphatic rings. The minimum absolute atomic E-state index is 0.778. The highest BCUT2D eigenvalue weighted by Crippen LogP contribution is 2.35. The van der Waals surface area contributed by atoms with Crippen molar-refractivity contribution in [2.24, 2.45) is 0 Å². The van der Waals surface area contributed by atoms with Crippen molar-refractivity contribution < 1.29 is 0 Å². The Labute approximate surface area is 76.1 Å². The Morgan fingerprint density at radius 3 is 1.83 bits per heavy atom. The van der Waals surface area contributed by atoms with Crippen LogP contribution in [0.4, 0.5) is 0 Å². The van der Waals surface area contributed by atoms with E-state index >= 15 is 0 Å². The van der Waals surface area contributed by atoms with Gasteiger partial charge in [0.2, 0.25) is 0 Å². The lowest BCUT2D eigenvalue weighted by atomic mass is 10.0. The van der Waals surface area contributed by atoms with Crippen molar-refractivity contribution in [3.63, 3.8) is 0 Å². The quantitative estimate of drug-likeness (QED) is 0.580. The lowest BCUT2D eigenvalue weighted by Gasteiger charge is -2.31. The van der Waals surface area contributed by atoms with E-state index in [1.165, 1.54) is 38.5 Å². The van der Waals surface area contributed by atoms with E-state index in [2.05, 4.69) is 18.7 Å². The summed E-state index contributed by atoms with van der Waals surface area (Å²) in [6.45, 7) is 4.72. The highest BCUT2D eigenvalue weighted by atomic mass is 15.2. The molecule has 2 saturated heterocycles. The van der Waals surface area contributed by atoms with Crippen molar-refractivity contribution in [2.75, 3.05) is 0 Å². The van der Waals surface area contributed by atoms with E-state index in [0.29, 0.717) is 0 Å². The first-order valence-electron chi connectivity index (χ1n) is 5.56. The third kappa shape index (κ3) is 1.39. The van der Waals surface area contributed by atoms with Crippen LogP contribution in [0.25, 0.3) is 0 Å². The molecule has 2 atom stereocenters. The van der Waals surface area contributed by atoms with E-state index in [0.717, 1.165) is 18.1 Å². The molecule has 2 aliphatic heterocycles. The summed E-state index contributed by atoms with van der Waals surface area (Å²) >= 11 is 0. The largest absolute Gasteiger partial charge is 0.295 e. The average Bonchev–Trinajstić information content (AvgIpc) is 2.24. The molecule has 0 aromatic heterocycles. The summed E-state index contributed by atoms with van der Waals surface area (Å²) in [6.07, 6.45) is 8.84. The summed E-state index contributed by atoms with van der Waals surface area (Å²) in [4.78, 5) is 2.78. The van der Waals surface area contributed by atoms with Crippen molar-refractivity contribution in [1.29, 1.82) is 0 Å². The highest BCUT2D eigenvalue weighted by Gasteiger charge is 2.35. The van der Waals surface area contributed by atoms with Crippen LogP contribution in [0.5, 0.6) is 0 Å². The molecule has 0 N–H and O–H groups in total. The van der Waals surface area contributed by atoms with Crippen molar-refractivity contribution in [1.82, 2.24) is 4.90 Å². The Morgan fingerprint density at radius 2 is 1.42 bits per heavy atom. The summed E-state index contributed by atoms with van der Waals surface area (Å²) in [7, 11) is 0. The van der Waals surface area contributed by atoms with Crippen LogP contribution >= 0.6 is 0 Å². The highest BCUT2D eigenvalue weighted by molar-refractivity contribution is 4.91. The van der Waals surface area contributed by atoms with Gasteiger partial charge in [-0.05, 0) is 39.5 Å². The van der Waals surface area contributed by atoms with Gasteiger partial charge in [-0.15, -0.1) is 0 Å². The zero-order valence-electron chi connectivity index (χ0n) is 8.42. The molecule has 0 amide bonds. The monoisotopic (exact) mass is 167 g/mol. The third-order valence-corrected chi connectivity index (χ3v) is 3.60. The van der Waals surface area contributed by atoms with Gasteiger partial charge in [-0.2, -0.15) is 0 Å². The Morgan fingerprint density at radius 1 is 0.917 bits per heavy atom. The predicted molar refractivity (Wildman–Crippen MR) is 52.3 cm³/mol. The van der Waals surface area contributed by atoms with Crippen LogP contribution in [0.2, 0.25) is 0 Å². The molecule has 70 valence electrons. The second kappa shape index (κ2) is 3.37. The number of hydrogen-bond acceptors (Lipinski definition) is 1. The minimum atomic E-state index is 0.778. The minimum Gasteiger partial charge on any atom is -0.295 e. The maximum absolute atomic E-state index is 2.78. The first-order chi connectivity index (χ1) is 5.79. The lowest BCUT2D eigenvalue weighted by Crippen LogP contribution is -2.39. The van der Waals surface area contributed by atoms with Crippen LogP contribution < -0.4 is 0 Å². The second-order valence-electron chi connectivity index (χ2n) is 4.71. The van der Waals surface area contributed by atoms with Gasteiger partial charge in [-0.3, -0.25) is 4.90 Å². The molecule has 1 heteroatoms. The molecule has 2 bridgehead atoms. The van der Waals surface area contributed by atoms with Crippen LogP contribution in [0.1, 0.15) is 52.4 Å². The topological polar surface area (TPSA) is 3.24 Å². The van der Waals surface area contributed by atoms with E-state index in [1.54, 1.807) is 0 Å². The first-order valence-corrected chi connectivity index (χ1v) is 5.56. The zero-order chi connectivity index (χ0) is 8.55. The van der Waals surface area contributed by atoms with Gasteiger partial charge in [0.15, 0.2) is 0 Å². The Bertz CT molecular complexity index is 139. The van der Waals surface area contributed by atoms with E-state index in [1.807, 2.05) is 0 Å². The van der Waals surface area contributed by atoms with Gasteiger partial charge in [0.05, 0.1) is 0 Å². The third-order valence-electron chi connectivity index (χ3n) is 3.60. The van der Waals surface area contributed by atoms with Gasteiger partial charge >= 0.3 is 0 Å². The summed E-state index contributed by atoms with van der Waals surface area (Å²) in [5, 5.41) is 0. The fourth-order valence-corrected chi connectivity index (χ4v) is 3.17. The van der Waals surface area contributed by atoms with Gasteiger partial charge < -0.3 is 0 Å². The second-order valence-corrected chi connectivity index (χ2v) is 4.71. The van der Waals surface area contributed by atoms with Gasteiger partial charge in [0.1, 0.15) is 0 Å². The molecule has 2 rings (SSSR count). The predicted octanol–water partition coefficient (Wildman–Crippen LogP) is 2.80. The summed E-state index contributed by atoms with van der Waals surface area (Å²) in [5.41, 5.74) is 0. The summed E-state index contributed by atoms with van der Waals surface area (Å²) in [5.74, 6) is 0. The Balaban J connectivity index is 2.09. The number of hydrogen-bond donors (Lipinski definition) is 0. The van der Waals surface area contributed by atoms with Crippen LogP contribution in [-0.2, 0) is 0 Å². The first kappa shape index (κ1) is 8.55. The van der Waals surface area contributed by atoms with Crippen LogP contribution in [-0.4, -0.2) is 23.0 Å². The molecule has 0 saturated carbocycles. The van der Waals surface area contributed by atoms with Crippen molar-refractivity contribution in [2.45, 2.75) is 70.5 Å². The van der Waals surface area contributed by atoms with Crippen molar-refractivity contribution in [3.8, 4) is 0 Å². The SMILES string of the molecule is CC(C)N1C2CCCCC1CC2. The molecule has 1 nitrogen and oxygen atoms in total.